The number of carbonyl (C=O) groups excluding carboxylic acids is 1. The Balaban J connectivity index is 1.96. The summed E-state index contributed by atoms with van der Waals surface area (Å²) in [6, 6.07) is 0. The van der Waals surface area contributed by atoms with Gasteiger partial charge in [0.05, 0.1) is 28.6 Å². The van der Waals surface area contributed by atoms with Crippen molar-refractivity contribution in [1.82, 2.24) is 15.1 Å². The Morgan fingerprint density at radius 3 is 3.00 bits per heavy atom. The molecule has 106 valence electrons. The average Bonchev–Trinajstić information content (AvgIpc) is 2.67. The zero-order chi connectivity index (χ0) is 13.8. The lowest BCUT2D eigenvalue weighted by Crippen LogP contribution is -2.39. The zero-order valence-electron chi connectivity index (χ0n) is 11.4. The van der Waals surface area contributed by atoms with Crippen molar-refractivity contribution < 1.29 is 9.53 Å². The number of carbonyl (C=O) groups is 1. The summed E-state index contributed by atoms with van der Waals surface area (Å²) in [5, 5.41) is 7.64. The number of halogens is 1. The van der Waals surface area contributed by atoms with Crippen molar-refractivity contribution in [2.24, 2.45) is 7.05 Å². The predicted octanol–water partition coefficient (Wildman–Crippen LogP) is 1.24. The van der Waals surface area contributed by atoms with Crippen molar-refractivity contribution in [3.8, 4) is 0 Å². The Morgan fingerprint density at radius 1 is 1.63 bits per heavy atom. The molecule has 1 atom stereocenters. The number of hydrogen-bond donors (Lipinski definition) is 1. The van der Waals surface area contributed by atoms with E-state index in [-0.39, 0.29) is 11.9 Å². The molecule has 2 rings (SSSR count). The molecule has 1 aliphatic rings. The molecule has 0 saturated carbocycles. The summed E-state index contributed by atoms with van der Waals surface area (Å²) < 4.78 is 8.31. The fourth-order valence-corrected chi connectivity index (χ4v) is 3.03. The first-order valence-corrected chi connectivity index (χ1v) is 7.45. The number of hydrogen-bond acceptors (Lipinski definition) is 4. The van der Waals surface area contributed by atoms with Gasteiger partial charge >= 0.3 is 0 Å². The maximum atomic E-state index is 12.1. The van der Waals surface area contributed by atoms with Crippen LogP contribution in [-0.4, -0.2) is 41.4 Å². The molecule has 0 aromatic carbocycles. The first kappa shape index (κ1) is 14.7. The van der Waals surface area contributed by atoms with Crippen LogP contribution in [0.3, 0.4) is 0 Å². The zero-order valence-corrected chi connectivity index (χ0v) is 13.0. The van der Waals surface area contributed by atoms with Crippen molar-refractivity contribution in [2.75, 3.05) is 19.7 Å². The van der Waals surface area contributed by atoms with Crippen molar-refractivity contribution in [2.45, 2.75) is 32.3 Å². The largest absolute Gasteiger partial charge is 0.375 e. The van der Waals surface area contributed by atoms with Gasteiger partial charge in [-0.2, -0.15) is 5.10 Å². The fourth-order valence-electron chi connectivity index (χ4n) is 2.28. The van der Waals surface area contributed by atoms with Crippen molar-refractivity contribution in [3.05, 3.63) is 15.9 Å². The number of ketones is 1. The summed E-state index contributed by atoms with van der Waals surface area (Å²) >= 11 is 3.54. The summed E-state index contributed by atoms with van der Waals surface area (Å²) in [6.07, 6.45) is 1.74. The van der Waals surface area contributed by atoms with E-state index in [9.17, 15) is 4.79 Å². The maximum Gasteiger partial charge on any atom is 0.141 e. The van der Waals surface area contributed by atoms with Gasteiger partial charge in [0.15, 0.2) is 0 Å². The van der Waals surface area contributed by atoms with Gasteiger partial charge in [0.1, 0.15) is 5.78 Å². The number of Topliss-reactive ketones (excluding diaryl/α,β-unsaturated/α-hetero) is 1. The number of morpholine rings is 1. The molecule has 5 nitrogen and oxygen atoms in total. The molecule has 0 spiro atoms. The van der Waals surface area contributed by atoms with Gasteiger partial charge in [0, 0.05) is 33.0 Å². The molecular weight excluding hydrogens is 310 g/mol. The molecule has 1 N–H and O–H groups in total. The predicted molar refractivity (Wildman–Crippen MR) is 76.2 cm³/mol. The van der Waals surface area contributed by atoms with Crippen LogP contribution in [0, 0.1) is 0 Å². The Kier molecular flexibility index (Phi) is 5.13. The molecule has 1 aromatic rings. The highest BCUT2D eigenvalue weighted by Crippen LogP contribution is 2.22. The van der Waals surface area contributed by atoms with Gasteiger partial charge in [0.2, 0.25) is 0 Å². The summed E-state index contributed by atoms with van der Waals surface area (Å²) in [4.78, 5) is 12.1. The molecule has 0 bridgehead atoms. The lowest BCUT2D eigenvalue weighted by atomic mass is 10.1. The third kappa shape index (κ3) is 3.64. The van der Waals surface area contributed by atoms with Gasteiger partial charge in [0.25, 0.3) is 0 Å². The maximum absolute atomic E-state index is 12.1. The van der Waals surface area contributed by atoms with Gasteiger partial charge in [-0.15, -0.1) is 0 Å². The van der Waals surface area contributed by atoms with E-state index < -0.39 is 0 Å². The molecule has 1 aliphatic heterocycles. The second-order valence-electron chi connectivity index (χ2n) is 4.80. The number of nitrogens with zero attached hydrogens (tertiary/aromatic N) is 2. The van der Waals surface area contributed by atoms with Crippen LogP contribution >= 0.6 is 15.9 Å². The number of ether oxygens (including phenoxy) is 1. The second-order valence-corrected chi connectivity index (χ2v) is 5.59. The van der Waals surface area contributed by atoms with E-state index in [2.05, 4.69) is 33.3 Å². The van der Waals surface area contributed by atoms with E-state index >= 15 is 0 Å². The van der Waals surface area contributed by atoms with Gasteiger partial charge in [-0.25, -0.2) is 0 Å². The molecule has 0 amide bonds. The van der Waals surface area contributed by atoms with E-state index in [1.54, 1.807) is 4.68 Å². The Bertz CT molecular complexity index is 453. The Hall–Kier alpha value is -0.720. The molecule has 0 radical (unpaired) electrons. The standard InChI is InChI=1S/C13H20BrN3O2/c1-3-11-13(14)12(17(2)16-11)7-9(18)6-10-8-15-4-5-19-10/h10,15H,3-8H2,1-2H3. The summed E-state index contributed by atoms with van der Waals surface area (Å²) in [7, 11) is 1.88. The Labute approximate surface area is 121 Å². The number of nitrogens with one attached hydrogen (secondary N) is 1. The lowest BCUT2D eigenvalue weighted by Gasteiger charge is -2.22. The second kappa shape index (κ2) is 6.63. The normalized spacial score (nSPS) is 19.6. The van der Waals surface area contributed by atoms with E-state index in [0.717, 1.165) is 35.4 Å². The van der Waals surface area contributed by atoms with Crippen LogP contribution in [0.15, 0.2) is 4.47 Å². The molecule has 6 heteroatoms. The van der Waals surface area contributed by atoms with Crippen LogP contribution < -0.4 is 5.32 Å². The van der Waals surface area contributed by atoms with Crippen molar-refractivity contribution in [1.29, 1.82) is 0 Å². The molecule has 1 aromatic heterocycles. The minimum atomic E-state index is 0.0129. The minimum Gasteiger partial charge on any atom is -0.375 e. The molecule has 2 heterocycles. The Morgan fingerprint density at radius 2 is 2.42 bits per heavy atom. The SMILES string of the molecule is CCc1nn(C)c(CC(=O)CC2CNCCO2)c1Br. The van der Waals surface area contributed by atoms with Gasteiger partial charge in [-0.05, 0) is 22.4 Å². The summed E-state index contributed by atoms with van der Waals surface area (Å²) in [5.74, 6) is 0.194. The van der Waals surface area contributed by atoms with E-state index in [4.69, 9.17) is 4.74 Å². The highest BCUT2D eigenvalue weighted by molar-refractivity contribution is 9.10. The third-order valence-electron chi connectivity index (χ3n) is 3.33. The molecule has 1 fully saturated rings. The first-order chi connectivity index (χ1) is 9.11. The molecule has 1 unspecified atom stereocenters. The van der Waals surface area contributed by atoms with Crippen molar-refractivity contribution >= 4 is 21.7 Å². The number of aryl methyl sites for hydroxylation is 2. The molecule has 0 aliphatic carbocycles. The lowest BCUT2D eigenvalue weighted by molar-refractivity contribution is -0.121. The van der Waals surface area contributed by atoms with Crippen LogP contribution in [0.1, 0.15) is 24.7 Å². The van der Waals surface area contributed by atoms with Gasteiger partial charge in [-0.1, -0.05) is 6.92 Å². The van der Waals surface area contributed by atoms with Crippen LogP contribution in [0.5, 0.6) is 0 Å². The average molecular weight is 330 g/mol. The number of rotatable bonds is 5. The van der Waals surface area contributed by atoms with Crippen LogP contribution in [0.2, 0.25) is 0 Å². The smallest absolute Gasteiger partial charge is 0.141 e. The topological polar surface area (TPSA) is 56.2 Å². The highest BCUT2D eigenvalue weighted by atomic mass is 79.9. The monoisotopic (exact) mass is 329 g/mol. The fraction of sp³-hybridized carbons (Fsp3) is 0.692. The van der Waals surface area contributed by atoms with Crippen LogP contribution in [0.25, 0.3) is 0 Å². The minimum absolute atomic E-state index is 0.0129. The van der Waals surface area contributed by atoms with Gasteiger partial charge < -0.3 is 10.1 Å². The van der Waals surface area contributed by atoms with Gasteiger partial charge in [-0.3, -0.25) is 9.48 Å². The van der Waals surface area contributed by atoms with Crippen LogP contribution in [-0.2, 0) is 29.4 Å². The van der Waals surface area contributed by atoms with E-state index in [0.29, 0.717) is 19.4 Å². The number of aromatic nitrogens is 2. The molecular formula is C13H20BrN3O2. The molecule has 1 saturated heterocycles. The van der Waals surface area contributed by atoms with E-state index in [1.165, 1.54) is 0 Å². The van der Waals surface area contributed by atoms with E-state index in [1.807, 2.05) is 7.05 Å². The van der Waals surface area contributed by atoms with Crippen LogP contribution in [0.4, 0.5) is 0 Å². The highest BCUT2D eigenvalue weighted by Gasteiger charge is 2.20. The summed E-state index contributed by atoms with van der Waals surface area (Å²) in [6.45, 7) is 4.38. The quantitative estimate of drug-likeness (QED) is 0.882. The molecule has 19 heavy (non-hydrogen) atoms. The van der Waals surface area contributed by atoms with Crippen molar-refractivity contribution in [3.63, 3.8) is 0 Å². The third-order valence-corrected chi connectivity index (χ3v) is 4.24. The summed E-state index contributed by atoms with van der Waals surface area (Å²) in [5.41, 5.74) is 1.95. The first-order valence-electron chi connectivity index (χ1n) is 6.66.